The highest BCUT2D eigenvalue weighted by molar-refractivity contribution is 6.04. The predicted octanol–water partition coefficient (Wildman–Crippen LogP) is 7.08. The van der Waals surface area contributed by atoms with Gasteiger partial charge in [0.2, 0.25) is 0 Å². The molecule has 0 amide bonds. The van der Waals surface area contributed by atoms with Crippen molar-refractivity contribution in [3.8, 4) is 0 Å². The van der Waals surface area contributed by atoms with E-state index in [0.717, 1.165) is 77.0 Å². The molecule has 0 spiro atoms. The third kappa shape index (κ3) is 33.6. The second kappa shape index (κ2) is 30.7. The summed E-state index contributed by atoms with van der Waals surface area (Å²) in [5.74, 6) is -2.95. The van der Waals surface area contributed by atoms with E-state index < -0.39 is 24.3 Å². The van der Waals surface area contributed by atoms with Crippen molar-refractivity contribution in [2.75, 3.05) is 13.2 Å². The van der Waals surface area contributed by atoms with E-state index in [0.29, 0.717) is 19.3 Å². The number of hydrogen-bond donors (Lipinski definition) is 1. The molecule has 0 aliphatic heterocycles. The van der Waals surface area contributed by atoms with Crippen molar-refractivity contribution in [3.63, 3.8) is 0 Å². The lowest BCUT2D eigenvalue weighted by molar-refractivity contribution is -0.167. The number of carbonyl (C=O) groups excluding carboxylic acids is 5. The predicted molar refractivity (Wildman–Crippen MR) is 164 cm³/mol. The number of rotatable bonds is 27. The van der Waals surface area contributed by atoms with Crippen LogP contribution in [0.15, 0.2) is 0 Å². The molecule has 0 aromatic heterocycles. The van der Waals surface area contributed by atoms with Crippen molar-refractivity contribution < 1.29 is 48.1 Å². The Balaban J connectivity index is 0. The molecule has 1 N–H and O–H groups in total. The Hall–Kier alpha value is -2.78. The van der Waals surface area contributed by atoms with Crippen LogP contribution in [0.3, 0.4) is 0 Å². The maximum Gasteiger partial charge on any atom is 0.310 e. The van der Waals surface area contributed by atoms with E-state index in [-0.39, 0.29) is 43.3 Å². The summed E-state index contributed by atoms with van der Waals surface area (Å²) in [5.41, 5.74) is 0. The largest absolute Gasteiger partial charge is 0.481 e. The van der Waals surface area contributed by atoms with Crippen LogP contribution < -0.4 is 0 Å². The van der Waals surface area contributed by atoms with Gasteiger partial charge in [0, 0.05) is 19.3 Å². The number of carboxylic acids is 1. The molecular weight excluding hydrogens is 556 g/mol. The van der Waals surface area contributed by atoms with Gasteiger partial charge in [0.15, 0.2) is 11.9 Å². The molecule has 0 aliphatic carbocycles. The number of unbranched alkanes of at least 4 members (excludes halogenated alkanes) is 12. The number of ether oxygens (including phenoxy) is 3. The molecule has 0 saturated heterocycles. The zero-order chi connectivity index (χ0) is 32.7. The lowest BCUT2D eigenvalue weighted by Crippen LogP contribution is -2.30. The van der Waals surface area contributed by atoms with E-state index in [4.69, 9.17) is 19.3 Å². The Kier molecular flexibility index (Phi) is 30.2. The van der Waals surface area contributed by atoms with Crippen molar-refractivity contribution in [1.82, 2.24) is 0 Å². The van der Waals surface area contributed by atoms with E-state index in [1.54, 1.807) is 0 Å². The van der Waals surface area contributed by atoms with Crippen LogP contribution in [0.5, 0.6) is 0 Å². The van der Waals surface area contributed by atoms with Crippen LogP contribution in [0, 0.1) is 0 Å². The maximum atomic E-state index is 12.2. The Morgan fingerprint density at radius 1 is 0.535 bits per heavy atom. The fourth-order valence-corrected chi connectivity index (χ4v) is 4.00. The molecule has 0 rings (SSSR count). The van der Waals surface area contributed by atoms with Crippen LogP contribution in [-0.2, 0) is 43.0 Å². The van der Waals surface area contributed by atoms with Crippen LogP contribution in [-0.4, -0.2) is 59.9 Å². The third-order valence-electron chi connectivity index (χ3n) is 6.41. The summed E-state index contributed by atoms with van der Waals surface area (Å²) >= 11 is 0. The first-order valence-corrected chi connectivity index (χ1v) is 16.3. The summed E-state index contributed by atoms with van der Waals surface area (Å²) in [4.78, 5) is 66.8. The zero-order valence-corrected chi connectivity index (χ0v) is 27.3. The van der Waals surface area contributed by atoms with E-state index >= 15 is 0 Å². The topological polar surface area (TPSA) is 150 Å². The van der Waals surface area contributed by atoms with E-state index in [2.05, 4.69) is 20.8 Å². The van der Waals surface area contributed by atoms with Crippen molar-refractivity contribution in [2.45, 2.75) is 162 Å². The minimum atomic E-state index is -1.19. The molecule has 0 heterocycles. The lowest BCUT2D eigenvalue weighted by atomic mass is 10.1. The molecule has 0 fully saturated rings. The molecule has 0 radical (unpaired) electrons. The molecule has 43 heavy (non-hydrogen) atoms. The van der Waals surface area contributed by atoms with Crippen molar-refractivity contribution in [2.24, 2.45) is 0 Å². The van der Waals surface area contributed by atoms with Gasteiger partial charge < -0.3 is 19.3 Å². The van der Waals surface area contributed by atoms with Gasteiger partial charge in [-0.1, -0.05) is 97.8 Å². The minimum absolute atomic E-state index is 0.0703. The summed E-state index contributed by atoms with van der Waals surface area (Å²) in [5, 5.41) is 8.06. The molecule has 0 atom stereocenters. The fourth-order valence-electron chi connectivity index (χ4n) is 4.00. The molecule has 10 nitrogen and oxygen atoms in total. The van der Waals surface area contributed by atoms with Crippen LogP contribution in [0.25, 0.3) is 0 Å². The molecule has 0 aromatic rings. The molecule has 0 unspecified atom stereocenters. The van der Waals surface area contributed by atoms with Gasteiger partial charge in [0.05, 0.1) is 6.42 Å². The summed E-state index contributed by atoms with van der Waals surface area (Å²) in [6, 6.07) is 0. The summed E-state index contributed by atoms with van der Waals surface area (Å²) in [6.07, 6.45) is 15.2. The highest BCUT2D eigenvalue weighted by Gasteiger charge is 2.19. The molecule has 0 bridgehead atoms. The van der Waals surface area contributed by atoms with Crippen LogP contribution in [0.4, 0.5) is 0 Å². The first-order chi connectivity index (χ1) is 20.5. The number of Topliss-reactive ketones (excluding diaryl/α,β-unsaturated/α-hetero) is 2. The number of carbonyl (C=O) groups is 6. The van der Waals surface area contributed by atoms with Crippen molar-refractivity contribution in [3.05, 3.63) is 0 Å². The van der Waals surface area contributed by atoms with Crippen molar-refractivity contribution in [1.29, 1.82) is 0 Å². The maximum absolute atomic E-state index is 12.2. The van der Waals surface area contributed by atoms with Crippen LogP contribution in [0.1, 0.15) is 156 Å². The van der Waals surface area contributed by atoms with Gasteiger partial charge in [-0.2, -0.15) is 0 Å². The van der Waals surface area contributed by atoms with Gasteiger partial charge >= 0.3 is 23.9 Å². The first-order valence-electron chi connectivity index (χ1n) is 16.3. The second-order valence-electron chi connectivity index (χ2n) is 11.0. The number of ketones is 2. The van der Waals surface area contributed by atoms with Gasteiger partial charge in [-0.3, -0.25) is 28.8 Å². The van der Waals surface area contributed by atoms with Gasteiger partial charge in [0.25, 0.3) is 0 Å². The zero-order valence-electron chi connectivity index (χ0n) is 27.3. The Morgan fingerprint density at radius 3 is 1.26 bits per heavy atom. The molecule has 0 saturated carbocycles. The van der Waals surface area contributed by atoms with Crippen LogP contribution in [0.2, 0.25) is 0 Å². The van der Waals surface area contributed by atoms with E-state index in [1.165, 1.54) is 26.2 Å². The van der Waals surface area contributed by atoms with E-state index in [1.807, 2.05) is 0 Å². The van der Waals surface area contributed by atoms with Gasteiger partial charge in [0.1, 0.15) is 25.4 Å². The molecule has 0 aliphatic rings. The van der Waals surface area contributed by atoms with Crippen LogP contribution >= 0.6 is 0 Å². The highest BCUT2D eigenvalue weighted by atomic mass is 16.6. The molecule has 10 heteroatoms. The number of carboxylic acid groups (broad SMARTS) is 1. The summed E-state index contributed by atoms with van der Waals surface area (Å²) < 4.78 is 16.1. The summed E-state index contributed by atoms with van der Waals surface area (Å²) in [7, 11) is 0. The van der Waals surface area contributed by atoms with Crippen molar-refractivity contribution >= 4 is 35.4 Å². The van der Waals surface area contributed by atoms with E-state index in [9.17, 15) is 28.8 Å². The minimum Gasteiger partial charge on any atom is -0.481 e. The Morgan fingerprint density at radius 2 is 0.907 bits per heavy atom. The number of esters is 3. The quantitative estimate of drug-likeness (QED) is 0.0440. The normalized spacial score (nSPS) is 10.4. The number of aliphatic carboxylic acids is 1. The standard InChI is InChI=1S/C27H50O6.C6H8O4/c1-4-7-10-13-16-19-25(28)31-22-24(33-27(30)21-18-15-12-9-6-3)23-32-26(29)20-17-14-11-8-5-2;1-4(7)2-5(8)3-6(9)10/h24H,4-23H2,1-3H3;2-3H2,1H3,(H,9,10). The molecular formula is C33H58O10. The third-order valence-corrected chi connectivity index (χ3v) is 6.41. The summed E-state index contributed by atoms with van der Waals surface area (Å²) in [6.45, 7) is 7.57. The lowest BCUT2D eigenvalue weighted by Gasteiger charge is -2.18. The monoisotopic (exact) mass is 614 g/mol. The Bertz CT molecular complexity index is 730. The molecule has 0 aromatic carbocycles. The van der Waals surface area contributed by atoms with Gasteiger partial charge in [-0.15, -0.1) is 0 Å². The SMILES string of the molecule is CC(=O)CC(=O)CC(=O)O.CCCCCCCC(=O)OCC(COC(=O)CCCCCCC)OC(=O)CCCCCCC. The van der Waals surface area contributed by atoms with Gasteiger partial charge in [-0.05, 0) is 26.2 Å². The number of hydrogen-bond acceptors (Lipinski definition) is 9. The fraction of sp³-hybridized carbons (Fsp3) is 0.818. The Labute approximate surface area is 259 Å². The average Bonchev–Trinajstić information content (AvgIpc) is 2.93. The highest BCUT2D eigenvalue weighted by Crippen LogP contribution is 2.10. The van der Waals surface area contributed by atoms with Gasteiger partial charge in [-0.25, -0.2) is 0 Å². The second-order valence-corrected chi connectivity index (χ2v) is 11.0. The first kappa shape index (κ1) is 42.4. The smallest absolute Gasteiger partial charge is 0.310 e. The molecule has 250 valence electrons. The average molecular weight is 615 g/mol.